The maximum absolute atomic E-state index is 13.5. The van der Waals surface area contributed by atoms with E-state index in [1.807, 2.05) is 0 Å². The van der Waals surface area contributed by atoms with Gasteiger partial charge in [0.05, 0.1) is 24.3 Å². The van der Waals surface area contributed by atoms with Crippen LogP contribution in [-0.2, 0) is 38.7 Å². The van der Waals surface area contributed by atoms with Crippen LogP contribution in [0.5, 0.6) is 0 Å². The second kappa shape index (κ2) is 11.1. The van der Waals surface area contributed by atoms with Gasteiger partial charge in [0.15, 0.2) is 0 Å². The number of hydrazine groups is 1. The monoisotopic (exact) mass is 535 g/mol. The van der Waals surface area contributed by atoms with Crippen molar-refractivity contribution in [1.82, 2.24) is 10.4 Å². The Morgan fingerprint density at radius 2 is 1.49 bits per heavy atom. The highest BCUT2D eigenvalue weighted by Crippen LogP contribution is 2.38. The molecule has 0 aliphatic carbocycles. The number of carbonyl (C=O) groups excluding carboxylic acids is 2. The number of hydrogen-bond donors (Lipinski definition) is 2. The van der Waals surface area contributed by atoms with Crippen molar-refractivity contribution < 1.29 is 45.1 Å². The van der Waals surface area contributed by atoms with E-state index >= 15 is 0 Å². The summed E-state index contributed by atoms with van der Waals surface area (Å²) in [5.74, 6) is -1.88. The van der Waals surface area contributed by atoms with E-state index in [0.29, 0.717) is 30.5 Å². The van der Waals surface area contributed by atoms with Crippen molar-refractivity contribution in [2.75, 3.05) is 19.7 Å². The van der Waals surface area contributed by atoms with Gasteiger partial charge in [-0.15, -0.1) is 0 Å². The lowest BCUT2D eigenvalue weighted by Crippen LogP contribution is -2.52. The van der Waals surface area contributed by atoms with Gasteiger partial charge in [0.25, 0.3) is 0 Å². The normalized spacial score (nSPS) is 16.4. The van der Waals surface area contributed by atoms with Crippen LogP contribution in [0.4, 0.5) is 30.7 Å². The van der Waals surface area contributed by atoms with Crippen molar-refractivity contribution in [3.8, 4) is 0 Å². The number of benzene rings is 2. The van der Waals surface area contributed by atoms with Crippen molar-refractivity contribution in [3.05, 3.63) is 70.5 Å². The molecule has 6 nitrogen and oxygen atoms in total. The van der Waals surface area contributed by atoms with Gasteiger partial charge in [0.1, 0.15) is 12.2 Å². The minimum absolute atomic E-state index is 0.0474. The van der Waals surface area contributed by atoms with Crippen LogP contribution in [0.25, 0.3) is 0 Å². The molecule has 1 aliphatic rings. The van der Waals surface area contributed by atoms with Crippen LogP contribution in [0, 0.1) is 5.82 Å². The average Bonchev–Trinajstić information content (AvgIpc) is 2.79. The molecular formula is C24H24F7N3O3. The zero-order valence-electron chi connectivity index (χ0n) is 19.4. The van der Waals surface area contributed by atoms with E-state index in [9.17, 15) is 40.3 Å². The molecule has 202 valence electrons. The van der Waals surface area contributed by atoms with E-state index in [4.69, 9.17) is 10.5 Å². The van der Waals surface area contributed by atoms with E-state index in [1.165, 1.54) is 24.3 Å². The molecule has 13 heteroatoms. The first-order chi connectivity index (χ1) is 17.2. The average molecular weight is 535 g/mol. The number of piperidine rings is 1. The highest BCUT2D eigenvalue weighted by molar-refractivity contribution is 5.95. The summed E-state index contributed by atoms with van der Waals surface area (Å²) in [4.78, 5) is 22.8. The summed E-state index contributed by atoms with van der Waals surface area (Å²) in [6.07, 6.45) is -9.74. The van der Waals surface area contributed by atoms with Crippen molar-refractivity contribution in [1.29, 1.82) is 0 Å². The molecule has 1 aliphatic heterocycles. The fourth-order valence-electron chi connectivity index (χ4n) is 4.21. The molecule has 0 bridgehead atoms. The number of hydrogen-bond acceptors (Lipinski definition) is 4. The van der Waals surface area contributed by atoms with Gasteiger partial charge in [-0.05, 0) is 54.3 Å². The van der Waals surface area contributed by atoms with Crippen molar-refractivity contribution in [2.24, 2.45) is 5.73 Å². The Hall–Kier alpha value is -3.19. The minimum Gasteiger partial charge on any atom is -0.376 e. The zero-order valence-corrected chi connectivity index (χ0v) is 19.4. The third-order valence-electron chi connectivity index (χ3n) is 6.09. The van der Waals surface area contributed by atoms with Gasteiger partial charge >= 0.3 is 12.4 Å². The van der Waals surface area contributed by atoms with E-state index in [0.717, 1.165) is 0 Å². The van der Waals surface area contributed by atoms with Gasteiger partial charge in [-0.1, -0.05) is 12.1 Å². The molecule has 37 heavy (non-hydrogen) atoms. The van der Waals surface area contributed by atoms with Crippen LogP contribution in [0.1, 0.15) is 41.5 Å². The summed E-state index contributed by atoms with van der Waals surface area (Å²) in [5.41, 5.74) is 4.30. The molecule has 0 atom stereocenters. The molecule has 0 radical (unpaired) electrons. The quantitative estimate of drug-likeness (QED) is 0.390. The van der Waals surface area contributed by atoms with E-state index in [1.54, 1.807) is 5.01 Å². The summed E-state index contributed by atoms with van der Waals surface area (Å²) in [6.45, 7) is -0.0334. The molecule has 2 aromatic rings. The van der Waals surface area contributed by atoms with Gasteiger partial charge in [0.2, 0.25) is 11.8 Å². The Morgan fingerprint density at radius 1 is 0.946 bits per heavy atom. The van der Waals surface area contributed by atoms with Crippen molar-refractivity contribution in [2.45, 2.75) is 43.6 Å². The van der Waals surface area contributed by atoms with E-state index in [2.05, 4.69) is 5.43 Å². The summed E-state index contributed by atoms with van der Waals surface area (Å²) in [7, 11) is 0. The van der Waals surface area contributed by atoms with Crippen LogP contribution >= 0.6 is 0 Å². The Kier molecular flexibility index (Phi) is 8.48. The molecule has 0 spiro atoms. The number of primary amides is 1. The first-order valence-electron chi connectivity index (χ1n) is 11.1. The number of nitrogens with one attached hydrogen (secondary N) is 1. The highest BCUT2D eigenvalue weighted by atomic mass is 19.4. The van der Waals surface area contributed by atoms with Crippen molar-refractivity contribution >= 4 is 11.8 Å². The second-order valence-electron chi connectivity index (χ2n) is 8.86. The predicted molar refractivity (Wildman–Crippen MR) is 117 cm³/mol. The summed E-state index contributed by atoms with van der Waals surface area (Å²) >= 11 is 0. The maximum atomic E-state index is 13.5. The number of rotatable bonds is 8. The summed E-state index contributed by atoms with van der Waals surface area (Å²) in [6, 6.07) is 6.80. The summed E-state index contributed by atoms with van der Waals surface area (Å²) < 4.78 is 98.1. The Morgan fingerprint density at radius 3 is 1.97 bits per heavy atom. The fourth-order valence-corrected chi connectivity index (χ4v) is 4.21. The van der Waals surface area contributed by atoms with Gasteiger partial charge in [-0.2, -0.15) is 26.3 Å². The molecule has 1 fully saturated rings. The van der Waals surface area contributed by atoms with Crippen LogP contribution in [-0.4, -0.2) is 36.5 Å². The summed E-state index contributed by atoms with van der Waals surface area (Å²) in [5, 5.41) is 1.56. The number of nitrogens with two attached hydrogens (primary N) is 1. The number of halogens is 7. The van der Waals surface area contributed by atoms with Gasteiger partial charge in [-0.3, -0.25) is 15.0 Å². The molecule has 1 heterocycles. The maximum Gasteiger partial charge on any atom is 0.416 e. The first kappa shape index (κ1) is 28.4. The second-order valence-corrected chi connectivity index (χ2v) is 8.86. The molecule has 3 N–H and O–H groups in total. The van der Waals surface area contributed by atoms with Crippen LogP contribution in [0.3, 0.4) is 0 Å². The molecule has 1 saturated heterocycles. The number of carbonyl (C=O) groups is 2. The topological polar surface area (TPSA) is 84.7 Å². The zero-order chi connectivity index (χ0) is 27.4. The van der Waals surface area contributed by atoms with Gasteiger partial charge in [0, 0.05) is 18.5 Å². The van der Waals surface area contributed by atoms with E-state index in [-0.39, 0.29) is 31.3 Å². The Labute approximate surface area is 207 Å². The largest absolute Gasteiger partial charge is 0.416 e. The molecule has 2 aromatic carbocycles. The third-order valence-corrected chi connectivity index (χ3v) is 6.09. The van der Waals surface area contributed by atoms with Gasteiger partial charge < -0.3 is 10.5 Å². The van der Waals surface area contributed by atoms with Crippen LogP contribution < -0.4 is 11.2 Å². The molecule has 0 aromatic heterocycles. The number of ether oxygens (including phenoxy) is 1. The standard InChI is InChI=1S/C24H24F7N3O3/c25-19-3-1-16(2-4-19)22(5-7-34(8-6-22)33-21(36)12-20(32)35)14-37-13-15-9-17(23(26,27)28)11-18(10-15)24(29,30)31/h1-4,9-11H,5-8,12-14H2,(H2,32,35)(H,33,36). The Balaban J connectivity index is 1.77. The fraction of sp³-hybridized carbons (Fsp3) is 0.417. The Bertz CT molecular complexity index is 1080. The molecule has 0 unspecified atom stereocenters. The van der Waals surface area contributed by atoms with Gasteiger partial charge in [-0.25, -0.2) is 9.40 Å². The predicted octanol–water partition coefficient (Wildman–Crippen LogP) is 4.32. The lowest BCUT2D eigenvalue weighted by Gasteiger charge is -2.42. The molecule has 0 saturated carbocycles. The van der Waals surface area contributed by atoms with Crippen molar-refractivity contribution in [3.63, 3.8) is 0 Å². The SMILES string of the molecule is NC(=O)CC(=O)NN1CCC(COCc2cc(C(F)(F)F)cc(C(F)(F)F)c2)(c2ccc(F)cc2)CC1. The smallest absolute Gasteiger partial charge is 0.376 e. The number of nitrogens with zero attached hydrogens (tertiary/aromatic N) is 1. The molecular weight excluding hydrogens is 511 g/mol. The third kappa shape index (κ3) is 7.65. The minimum atomic E-state index is -4.98. The van der Waals surface area contributed by atoms with Crippen LogP contribution in [0.2, 0.25) is 0 Å². The number of alkyl halides is 6. The van der Waals surface area contributed by atoms with E-state index < -0.39 is 59.6 Å². The first-order valence-corrected chi connectivity index (χ1v) is 11.1. The van der Waals surface area contributed by atoms with Crippen LogP contribution in [0.15, 0.2) is 42.5 Å². The highest BCUT2D eigenvalue weighted by Gasteiger charge is 2.39. The number of amides is 2. The lowest BCUT2D eigenvalue weighted by atomic mass is 9.73. The lowest BCUT2D eigenvalue weighted by molar-refractivity contribution is -0.143. The molecule has 2 amide bonds. The molecule has 3 rings (SSSR count).